The average molecular weight is 293 g/mol. The van der Waals surface area contributed by atoms with Crippen molar-refractivity contribution in [2.45, 2.75) is 39.7 Å². The minimum atomic E-state index is -0.214. The molecule has 0 aliphatic carbocycles. The molecule has 0 aromatic rings. The molecule has 0 aliphatic rings. The molecule has 0 spiro atoms. The van der Waals surface area contributed by atoms with Gasteiger partial charge in [-0.05, 0) is 44.2 Å². The first kappa shape index (κ1) is 17.4. The van der Waals surface area contributed by atoms with Crippen LogP contribution in [0.2, 0.25) is 0 Å². The summed E-state index contributed by atoms with van der Waals surface area (Å²) in [6, 6.07) is -0.286. The molecule has 0 aromatic heterocycles. The second kappa shape index (κ2) is 9.38. The molecule has 1 N–H and O–H groups in total. The van der Waals surface area contributed by atoms with E-state index in [9.17, 15) is 4.79 Å². The van der Waals surface area contributed by atoms with Crippen molar-refractivity contribution in [1.29, 1.82) is 5.41 Å². The molecule has 0 atom stereocenters. The van der Waals surface area contributed by atoms with Gasteiger partial charge >= 0.3 is 6.03 Å². The highest BCUT2D eigenvalue weighted by Gasteiger charge is 2.25. The van der Waals surface area contributed by atoms with E-state index in [1.807, 2.05) is 26.4 Å². The van der Waals surface area contributed by atoms with Gasteiger partial charge in [0.05, 0.1) is 6.10 Å². The third-order valence-electron chi connectivity index (χ3n) is 2.05. The number of hydrogen-bond donors (Lipinski definition) is 1. The molecule has 0 bridgehead atoms. The number of ether oxygens (including phenoxy) is 1. The van der Waals surface area contributed by atoms with Gasteiger partial charge in [-0.2, -0.15) is 0 Å². The number of amidine groups is 1. The molecule has 2 amide bonds. The third kappa shape index (κ3) is 5.86. The number of hydrogen-bond acceptors (Lipinski definition) is 5. The van der Waals surface area contributed by atoms with E-state index in [0.717, 1.165) is 12.8 Å². The highest BCUT2D eigenvalue weighted by Crippen LogP contribution is 2.20. The summed E-state index contributed by atoms with van der Waals surface area (Å²) in [5, 5.41) is 7.87. The summed E-state index contributed by atoms with van der Waals surface area (Å²) in [6.45, 7) is 6.25. The summed E-state index contributed by atoms with van der Waals surface area (Å²) in [7, 11) is 0. The van der Waals surface area contributed by atoms with Gasteiger partial charge in [0.2, 0.25) is 0 Å². The number of amides is 2. The van der Waals surface area contributed by atoms with Crippen LogP contribution in [0.25, 0.3) is 0 Å². The van der Waals surface area contributed by atoms with E-state index in [0.29, 0.717) is 6.54 Å². The Balaban J connectivity index is 4.74. The molecule has 5 nitrogen and oxygen atoms in total. The predicted molar refractivity (Wildman–Crippen MR) is 79.8 cm³/mol. The van der Waals surface area contributed by atoms with Crippen LogP contribution in [0.1, 0.15) is 33.6 Å². The van der Waals surface area contributed by atoms with Crippen molar-refractivity contribution in [2.75, 3.05) is 19.1 Å². The Hall–Kier alpha value is -0.560. The summed E-state index contributed by atoms with van der Waals surface area (Å²) in [6.07, 6.45) is 5.38. The Bertz CT molecular complexity index is 271. The molecule has 7 heteroatoms. The lowest BCUT2D eigenvalue weighted by Gasteiger charge is -2.27. The van der Waals surface area contributed by atoms with Crippen molar-refractivity contribution in [1.82, 2.24) is 8.61 Å². The van der Waals surface area contributed by atoms with Crippen LogP contribution in [0.4, 0.5) is 4.79 Å². The van der Waals surface area contributed by atoms with Gasteiger partial charge in [-0.15, -0.1) is 0 Å². The van der Waals surface area contributed by atoms with Crippen molar-refractivity contribution >= 4 is 35.9 Å². The molecule has 0 saturated heterocycles. The SMILES string of the molecule is CCCCN(C(=N)OC(C)C)C(=O)N(SC)SC. The van der Waals surface area contributed by atoms with Crippen molar-refractivity contribution in [3.63, 3.8) is 0 Å². The molecule has 0 unspecified atom stereocenters. The van der Waals surface area contributed by atoms with Crippen LogP contribution in [0.15, 0.2) is 0 Å². The van der Waals surface area contributed by atoms with Gasteiger partial charge < -0.3 is 4.74 Å². The topological polar surface area (TPSA) is 56.6 Å². The summed E-state index contributed by atoms with van der Waals surface area (Å²) >= 11 is 2.66. The van der Waals surface area contributed by atoms with Gasteiger partial charge in [0, 0.05) is 19.1 Å². The van der Waals surface area contributed by atoms with Crippen LogP contribution in [-0.2, 0) is 4.74 Å². The predicted octanol–water partition coefficient (Wildman–Crippen LogP) is 3.43. The maximum atomic E-state index is 12.2. The molecule has 0 saturated carbocycles. The van der Waals surface area contributed by atoms with E-state index in [1.165, 1.54) is 32.5 Å². The van der Waals surface area contributed by atoms with Gasteiger partial charge in [-0.1, -0.05) is 13.3 Å². The second-order valence-corrected chi connectivity index (χ2v) is 5.57. The number of nitrogens with one attached hydrogen (secondary N) is 1. The standard InChI is InChI=1S/C11H23N3O2S2/c1-6-7-8-13(10(12)16-9(2)3)11(15)14(17-4)18-5/h9,12H,6-8H2,1-5H3. The minimum Gasteiger partial charge on any atom is -0.462 e. The minimum absolute atomic E-state index is 0.0726. The Morgan fingerprint density at radius 1 is 1.33 bits per heavy atom. The molecule has 0 aromatic carbocycles. The molecule has 0 fully saturated rings. The van der Waals surface area contributed by atoms with Crippen LogP contribution in [0, 0.1) is 5.41 Å². The maximum absolute atomic E-state index is 12.2. The lowest BCUT2D eigenvalue weighted by atomic mass is 10.3. The lowest BCUT2D eigenvalue weighted by Crippen LogP contribution is -2.43. The molecule has 0 radical (unpaired) electrons. The molecule has 106 valence electrons. The van der Waals surface area contributed by atoms with Crippen molar-refractivity contribution in [3.8, 4) is 0 Å². The van der Waals surface area contributed by atoms with E-state index in [-0.39, 0.29) is 18.2 Å². The molecule has 0 rings (SSSR count). The van der Waals surface area contributed by atoms with Crippen molar-refractivity contribution < 1.29 is 9.53 Å². The van der Waals surface area contributed by atoms with E-state index in [1.54, 1.807) is 0 Å². The molecule has 0 heterocycles. The first-order valence-corrected chi connectivity index (χ1v) is 8.29. The van der Waals surface area contributed by atoms with Gasteiger partial charge in [0.15, 0.2) is 0 Å². The Kier molecular flexibility index (Phi) is 9.09. The van der Waals surface area contributed by atoms with Crippen LogP contribution in [0.5, 0.6) is 0 Å². The van der Waals surface area contributed by atoms with Crippen LogP contribution < -0.4 is 0 Å². The van der Waals surface area contributed by atoms with E-state index < -0.39 is 0 Å². The maximum Gasteiger partial charge on any atom is 0.348 e. The Morgan fingerprint density at radius 2 is 1.89 bits per heavy atom. The van der Waals surface area contributed by atoms with Crippen molar-refractivity contribution in [3.05, 3.63) is 0 Å². The first-order valence-electron chi connectivity index (χ1n) is 5.92. The normalized spacial score (nSPS) is 10.3. The van der Waals surface area contributed by atoms with Gasteiger partial charge in [0.1, 0.15) is 0 Å². The van der Waals surface area contributed by atoms with Crippen LogP contribution in [0.3, 0.4) is 0 Å². The fourth-order valence-electron chi connectivity index (χ4n) is 1.22. The number of carbonyl (C=O) groups excluding carboxylic acids is 1. The highest BCUT2D eigenvalue weighted by atomic mass is 32.2. The zero-order chi connectivity index (χ0) is 14.1. The lowest BCUT2D eigenvalue weighted by molar-refractivity contribution is 0.167. The summed E-state index contributed by atoms with van der Waals surface area (Å²) in [4.78, 5) is 13.6. The van der Waals surface area contributed by atoms with E-state index in [2.05, 4.69) is 6.92 Å². The average Bonchev–Trinajstić information content (AvgIpc) is 2.30. The van der Waals surface area contributed by atoms with E-state index in [4.69, 9.17) is 10.1 Å². The van der Waals surface area contributed by atoms with Crippen LogP contribution in [-0.4, -0.2) is 45.8 Å². The number of unbranched alkanes of at least 4 members (excludes halogenated alkanes) is 1. The van der Waals surface area contributed by atoms with Gasteiger partial charge in [-0.25, -0.2) is 13.4 Å². The summed E-state index contributed by atoms with van der Waals surface area (Å²) in [5.41, 5.74) is 0. The van der Waals surface area contributed by atoms with Gasteiger partial charge in [0.25, 0.3) is 6.02 Å². The number of urea groups is 1. The fourth-order valence-corrected chi connectivity index (χ4v) is 2.32. The van der Waals surface area contributed by atoms with Crippen LogP contribution >= 0.6 is 23.9 Å². The van der Waals surface area contributed by atoms with Crippen molar-refractivity contribution in [2.24, 2.45) is 0 Å². The zero-order valence-electron chi connectivity index (χ0n) is 11.7. The fraction of sp³-hybridized carbons (Fsp3) is 0.818. The molecular formula is C11H23N3O2S2. The van der Waals surface area contributed by atoms with Gasteiger partial charge in [-0.3, -0.25) is 5.41 Å². The zero-order valence-corrected chi connectivity index (χ0v) is 13.4. The summed E-state index contributed by atoms with van der Waals surface area (Å²) < 4.78 is 6.85. The molecule has 0 aliphatic heterocycles. The summed E-state index contributed by atoms with van der Waals surface area (Å²) in [5.74, 6) is 0. The highest BCUT2D eigenvalue weighted by molar-refractivity contribution is 8.12. The van der Waals surface area contributed by atoms with E-state index >= 15 is 0 Å². The smallest absolute Gasteiger partial charge is 0.348 e. The first-order chi connectivity index (χ1) is 8.47. The Labute approximate surface area is 118 Å². The number of nitrogens with zero attached hydrogens (tertiary/aromatic N) is 2. The number of carbonyl (C=O) groups is 1. The molecular weight excluding hydrogens is 270 g/mol. The quantitative estimate of drug-likeness (QED) is 0.463. The Morgan fingerprint density at radius 3 is 2.28 bits per heavy atom. The number of rotatable bonds is 6. The third-order valence-corrected chi connectivity index (χ3v) is 3.92. The second-order valence-electron chi connectivity index (χ2n) is 3.88. The monoisotopic (exact) mass is 293 g/mol. The largest absolute Gasteiger partial charge is 0.462 e. The molecule has 18 heavy (non-hydrogen) atoms.